The predicted molar refractivity (Wildman–Crippen MR) is 134 cm³/mol. The van der Waals surface area contributed by atoms with Crippen molar-refractivity contribution < 1.29 is 17.9 Å². The Morgan fingerprint density at radius 2 is 1.71 bits per heavy atom. The van der Waals surface area contributed by atoms with Crippen LogP contribution in [0.5, 0.6) is 0 Å². The van der Waals surface area contributed by atoms with Crippen molar-refractivity contribution in [1.82, 2.24) is 4.90 Å². The van der Waals surface area contributed by atoms with Gasteiger partial charge in [0.05, 0.1) is 30.4 Å². The minimum atomic E-state index is -4.47. The summed E-state index contributed by atoms with van der Waals surface area (Å²) in [4.78, 5) is 2.28. The standard InChI is InChI=1S/C28H26BrF3N2O/c1-34-11-9-27(10-12-34,24-3-2-4-26(29)16-24)19-35-18-21-13-23(15-25(14-21)28(30,31)32)22-7-5-20(17-33)6-8-22/h2-8,13-16H,9-12,18-19H2,1H3. The zero-order valence-corrected chi connectivity index (χ0v) is 21.0. The highest BCUT2D eigenvalue weighted by molar-refractivity contribution is 9.10. The van der Waals surface area contributed by atoms with Gasteiger partial charge in [-0.3, -0.25) is 0 Å². The van der Waals surface area contributed by atoms with Gasteiger partial charge < -0.3 is 9.64 Å². The highest BCUT2D eigenvalue weighted by atomic mass is 79.9. The zero-order chi connectivity index (χ0) is 25.1. The summed E-state index contributed by atoms with van der Waals surface area (Å²) in [6.45, 7) is 2.38. The molecule has 0 spiro atoms. The second kappa shape index (κ2) is 10.5. The van der Waals surface area contributed by atoms with E-state index in [1.54, 1.807) is 30.3 Å². The van der Waals surface area contributed by atoms with E-state index in [0.29, 0.717) is 28.9 Å². The maximum atomic E-state index is 13.7. The molecule has 3 aromatic carbocycles. The van der Waals surface area contributed by atoms with Gasteiger partial charge >= 0.3 is 6.18 Å². The monoisotopic (exact) mass is 542 g/mol. The molecule has 0 aromatic heterocycles. The van der Waals surface area contributed by atoms with Gasteiger partial charge in [-0.25, -0.2) is 0 Å². The molecule has 0 atom stereocenters. The number of benzene rings is 3. The molecule has 1 aliphatic heterocycles. The number of hydrogen-bond acceptors (Lipinski definition) is 3. The molecule has 0 aliphatic carbocycles. The van der Waals surface area contributed by atoms with Crippen LogP contribution in [0.2, 0.25) is 0 Å². The number of nitrogens with zero attached hydrogens (tertiary/aromatic N) is 2. The fourth-order valence-corrected chi connectivity index (χ4v) is 4.99. The molecule has 35 heavy (non-hydrogen) atoms. The van der Waals surface area contributed by atoms with Gasteiger partial charge in [0.2, 0.25) is 0 Å². The van der Waals surface area contributed by atoms with Crippen molar-refractivity contribution in [2.75, 3.05) is 26.7 Å². The van der Waals surface area contributed by atoms with Crippen LogP contribution in [0.15, 0.2) is 71.2 Å². The molecule has 0 saturated carbocycles. The highest BCUT2D eigenvalue weighted by Gasteiger charge is 2.36. The summed E-state index contributed by atoms with van der Waals surface area (Å²) in [6.07, 6.45) is -2.64. The Morgan fingerprint density at radius 1 is 1.00 bits per heavy atom. The summed E-state index contributed by atoms with van der Waals surface area (Å²) >= 11 is 3.56. The van der Waals surface area contributed by atoms with E-state index in [1.807, 2.05) is 18.2 Å². The maximum absolute atomic E-state index is 13.7. The molecule has 4 rings (SSSR count). The minimum absolute atomic E-state index is 0.0821. The third-order valence-electron chi connectivity index (χ3n) is 6.70. The lowest BCUT2D eigenvalue weighted by atomic mass is 9.73. The molecule has 0 amide bonds. The van der Waals surface area contributed by atoms with Gasteiger partial charge in [0, 0.05) is 9.89 Å². The number of hydrogen-bond donors (Lipinski definition) is 0. The molecule has 7 heteroatoms. The van der Waals surface area contributed by atoms with E-state index < -0.39 is 11.7 Å². The normalized spacial score (nSPS) is 16.1. The Balaban J connectivity index is 1.58. The fourth-order valence-electron chi connectivity index (χ4n) is 4.59. The lowest BCUT2D eigenvalue weighted by molar-refractivity contribution is -0.137. The van der Waals surface area contributed by atoms with E-state index in [-0.39, 0.29) is 12.0 Å². The summed E-state index contributed by atoms with van der Waals surface area (Å²) in [5, 5.41) is 9.01. The Bertz CT molecular complexity index is 1210. The van der Waals surface area contributed by atoms with Crippen LogP contribution < -0.4 is 0 Å². The number of alkyl halides is 3. The first-order chi connectivity index (χ1) is 16.7. The molecule has 1 heterocycles. The van der Waals surface area contributed by atoms with Gasteiger partial charge in [-0.15, -0.1) is 0 Å². The van der Waals surface area contributed by atoms with Gasteiger partial charge in [-0.1, -0.05) is 40.2 Å². The van der Waals surface area contributed by atoms with Crippen molar-refractivity contribution in [3.05, 3.63) is 93.5 Å². The average Bonchev–Trinajstić information content (AvgIpc) is 2.85. The van der Waals surface area contributed by atoms with Crippen LogP contribution in [-0.4, -0.2) is 31.6 Å². The molecule has 1 saturated heterocycles. The van der Waals surface area contributed by atoms with Crippen molar-refractivity contribution in [1.29, 1.82) is 5.26 Å². The van der Waals surface area contributed by atoms with Crippen LogP contribution in [0.1, 0.15) is 35.1 Å². The molecular formula is C28H26BrF3N2O. The third-order valence-corrected chi connectivity index (χ3v) is 7.19. The molecule has 1 aliphatic rings. The second-order valence-electron chi connectivity index (χ2n) is 9.19. The summed E-state index contributed by atoms with van der Waals surface area (Å²) in [7, 11) is 2.10. The van der Waals surface area contributed by atoms with Crippen molar-refractivity contribution in [2.24, 2.45) is 0 Å². The lowest BCUT2D eigenvalue weighted by Gasteiger charge is -2.41. The number of likely N-dealkylation sites (tertiary alicyclic amines) is 1. The first kappa shape index (κ1) is 25.4. The predicted octanol–water partition coefficient (Wildman–Crippen LogP) is 7.19. The van der Waals surface area contributed by atoms with Crippen LogP contribution in [-0.2, 0) is 22.9 Å². The number of nitriles is 1. The highest BCUT2D eigenvalue weighted by Crippen LogP contribution is 2.38. The lowest BCUT2D eigenvalue weighted by Crippen LogP contribution is -2.43. The van der Waals surface area contributed by atoms with E-state index in [1.165, 1.54) is 5.56 Å². The Kier molecular flexibility index (Phi) is 7.65. The molecule has 0 radical (unpaired) electrons. The SMILES string of the molecule is CN1CCC(COCc2cc(-c3ccc(C#N)cc3)cc(C(F)(F)F)c2)(c2cccc(Br)c2)CC1. The molecule has 3 aromatic rings. The number of rotatable bonds is 6. The smallest absolute Gasteiger partial charge is 0.376 e. The van der Waals surface area contributed by atoms with Crippen molar-refractivity contribution >= 4 is 15.9 Å². The second-order valence-corrected chi connectivity index (χ2v) is 10.1. The average molecular weight is 543 g/mol. The van der Waals surface area contributed by atoms with Gasteiger partial charge in [0.1, 0.15) is 0 Å². The third kappa shape index (κ3) is 6.13. The van der Waals surface area contributed by atoms with Crippen LogP contribution in [0.4, 0.5) is 13.2 Å². The van der Waals surface area contributed by atoms with Crippen LogP contribution in [0.3, 0.4) is 0 Å². The van der Waals surface area contributed by atoms with E-state index in [2.05, 4.69) is 40.0 Å². The quantitative estimate of drug-likeness (QED) is 0.330. The van der Waals surface area contributed by atoms with E-state index in [9.17, 15) is 13.2 Å². The number of ether oxygens (including phenoxy) is 1. The molecule has 3 nitrogen and oxygen atoms in total. The first-order valence-electron chi connectivity index (χ1n) is 11.4. The largest absolute Gasteiger partial charge is 0.416 e. The topological polar surface area (TPSA) is 36.3 Å². The van der Waals surface area contributed by atoms with Gasteiger partial charge in [0.15, 0.2) is 0 Å². The fraction of sp³-hybridized carbons (Fsp3) is 0.321. The Hall–Kier alpha value is -2.66. The van der Waals surface area contributed by atoms with Crippen LogP contribution in [0.25, 0.3) is 11.1 Å². The van der Waals surface area contributed by atoms with E-state index >= 15 is 0 Å². The summed E-state index contributed by atoms with van der Waals surface area (Å²) in [5.41, 5.74) is 2.28. The van der Waals surface area contributed by atoms with E-state index in [4.69, 9.17) is 10.00 Å². The molecule has 0 unspecified atom stereocenters. The molecule has 0 bridgehead atoms. The molecule has 0 N–H and O–H groups in total. The van der Waals surface area contributed by atoms with Gasteiger partial charge in [0.25, 0.3) is 0 Å². The van der Waals surface area contributed by atoms with E-state index in [0.717, 1.165) is 42.5 Å². The molecule has 1 fully saturated rings. The van der Waals surface area contributed by atoms with Crippen LogP contribution >= 0.6 is 15.9 Å². The van der Waals surface area contributed by atoms with Crippen molar-refractivity contribution in [2.45, 2.75) is 31.0 Å². The van der Waals surface area contributed by atoms with Crippen LogP contribution in [0, 0.1) is 11.3 Å². The zero-order valence-electron chi connectivity index (χ0n) is 19.4. The first-order valence-corrected chi connectivity index (χ1v) is 12.2. The number of piperidine rings is 1. The van der Waals surface area contributed by atoms with Crippen molar-refractivity contribution in [3.63, 3.8) is 0 Å². The minimum Gasteiger partial charge on any atom is -0.376 e. The summed E-state index contributed by atoms with van der Waals surface area (Å²) < 4.78 is 48.1. The Labute approximate surface area is 212 Å². The molecular weight excluding hydrogens is 517 g/mol. The van der Waals surface area contributed by atoms with Gasteiger partial charge in [-0.2, -0.15) is 18.4 Å². The summed E-state index contributed by atoms with van der Waals surface area (Å²) in [5.74, 6) is 0. The molecule has 182 valence electrons. The number of halogens is 4. The van der Waals surface area contributed by atoms with Crippen molar-refractivity contribution in [3.8, 4) is 17.2 Å². The van der Waals surface area contributed by atoms with Gasteiger partial charge in [-0.05, 0) is 97.7 Å². The Morgan fingerprint density at radius 3 is 2.34 bits per heavy atom. The summed E-state index contributed by atoms with van der Waals surface area (Å²) in [6, 6.07) is 20.8. The maximum Gasteiger partial charge on any atom is 0.416 e.